The summed E-state index contributed by atoms with van der Waals surface area (Å²) < 4.78 is 29.5. The number of piperazine rings is 1. The van der Waals surface area contributed by atoms with E-state index >= 15 is 0 Å². The lowest BCUT2D eigenvalue weighted by Gasteiger charge is -2.32. The molecule has 1 aromatic rings. The summed E-state index contributed by atoms with van der Waals surface area (Å²) in [7, 11) is -3.17. The molecule has 1 aliphatic rings. The van der Waals surface area contributed by atoms with E-state index in [1.807, 2.05) is 13.0 Å². The zero-order valence-electron chi connectivity index (χ0n) is 11.6. The average Bonchev–Trinajstić information content (AvgIpc) is 2.81. The molecule has 1 aliphatic heterocycles. The van der Waals surface area contributed by atoms with E-state index in [9.17, 15) is 13.2 Å². The van der Waals surface area contributed by atoms with E-state index in [2.05, 4.69) is 0 Å². The van der Waals surface area contributed by atoms with E-state index in [1.54, 1.807) is 17.0 Å². The van der Waals surface area contributed by atoms with Crippen LogP contribution in [-0.2, 0) is 14.8 Å². The maximum Gasteiger partial charge on any atom is 0.246 e. The van der Waals surface area contributed by atoms with Crippen LogP contribution in [0.5, 0.6) is 0 Å². The van der Waals surface area contributed by atoms with Crippen LogP contribution in [0.1, 0.15) is 11.5 Å². The van der Waals surface area contributed by atoms with Gasteiger partial charge in [-0.25, -0.2) is 8.42 Å². The number of rotatable bonds is 3. The molecule has 110 valence electrons. The third-order valence-corrected chi connectivity index (χ3v) is 4.47. The maximum absolute atomic E-state index is 12.0. The van der Waals surface area contributed by atoms with Crippen LogP contribution in [0, 0.1) is 6.92 Å². The van der Waals surface area contributed by atoms with Gasteiger partial charge < -0.3 is 9.32 Å². The Labute approximate surface area is 118 Å². The number of sulfonamides is 1. The van der Waals surface area contributed by atoms with Gasteiger partial charge >= 0.3 is 0 Å². The molecule has 2 heterocycles. The molecule has 0 atom stereocenters. The van der Waals surface area contributed by atoms with Crippen LogP contribution in [0.2, 0.25) is 0 Å². The minimum Gasteiger partial charge on any atom is -0.462 e. The van der Waals surface area contributed by atoms with Crippen molar-refractivity contribution < 1.29 is 17.6 Å². The van der Waals surface area contributed by atoms with Crippen LogP contribution in [0.15, 0.2) is 22.6 Å². The average molecular weight is 298 g/mol. The molecule has 0 radical (unpaired) electrons. The lowest BCUT2D eigenvalue weighted by atomic mass is 10.3. The summed E-state index contributed by atoms with van der Waals surface area (Å²) in [5.41, 5.74) is 0. The van der Waals surface area contributed by atoms with Gasteiger partial charge in [-0.3, -0.25) is 4.79 Å². The van der Waals surface area contributed by atoms with Crippen molar-refractivity contribution >= 4 is 22.0 Å². The molecule has 0 bridgehead atoms. The molecule has 1 fully saturated rings. The molecular formula is C13H18N2O4S. The molecule has 7 heteroatoms. The number of carbonyl (C=O) groups excluding carboxylic acids is 1. The normalized spacial score (nSPS) is 17.8. The van der Waals surface area contributed by atoms with E-state index in [0.717, 1.165) is 5.76 Å². The largest absolute Gasteiger partial charge is 0.462 e. The van der Waals surface area contributed by atoms with E-state index in [0.29, 0.717) is 31.9 Å². The number of hydrogen-bond acceptors (Lipinski definition) is 4. The molecule has 0 saturated carbocycles. The van der Waals surface area contributed by atoms with Gasteiger partial charge in [0.2, 0.25) is 15.9 Å². The van der Waals surface area contributed by atoms with Gasteiger partial charge in [-0.2, -0.15) is 4.31 Å². The zero-order chi connectivity index (χ0) is 14.8. The van der Waals surface area contributed by atoms with Gasteiger partial charge in [-0.1, -0.05) is 0 Å². The second kappa shape index (κ2) is 5.80. The summed E-state index contributed by atoms with van der Waals surface area (Å²) in [6, 6.07) is 3.62. The minimum absolute atomic E-state index is 0.132. The van der Waals surface area contributed by atoms with Gasteiger partial charge in [0.05, 0.1) is 6.26 Å². The molecule has 6 nitrogen and oxygen atoms in total. The van der Waals surface area contributed by atoms with Crippen molar-refractivity contribution in [2.75, 3.05) is 32.4 Å². The predicted molar refractivity (Wildman–Crippen MR) is 75.5 cm³/mol. The third-order valence-electron chi connectivity index (χ3n) is 3.17. The molecule has 20 heavy (non-hydrogen) atoms. The Morgan fingerprint density at radius 1 is 1.25 bits per heavy atom. The van der Waals surface area contributed by atoms with Crippen LogP contribution in [0.3, 0.4) is 0 Å². The van der Waals surface area contributed by atoms with Crippen molar-refractivity contribution in [3.05, 3.63) is 29.7 Å². The lowest BCUT2D eigenvalue weighted by Crippen LogP contribution is -2.49. The standard InChI is InChI=1S/C13H18N2O4S/c1-11-3-4-12(19-11)5-6-13(16)14-7-9-15(10-8-14)20(2,17)18/h3-6H,7-10H2,1-2H3. The van der Waals surface area contributed by atoms with Crippen LogP contribution < -0.4 is 0 Å². The van der Waals surface area contributed by atoms with Gasteiger partial charge in [-0.15, -0.1) is 0 Å². The number of aryl methyl sites for hydroxylation is 1. The van der Waals surface area contributed by atoms with Crippen molar-refractivity contribution in [2.24, 2.45) is 0 Å². The van der Waals surface area contributed by atoms with Crippen molar-refractivity contribution in [3.8, 4) is 0 Å². The highest BCUT2D eigenvalue weighted by Crippen LogP contribution is 2.10. The molecule has 0 aliphatic carbocycles. The predicted octanol–water partition coefficient (Wildman–Crippen LogP) is 0.705. The first-order valence-electron chi connectivity index (χ1n) is 6.35. The Kier molecular flexibility index (Phi) is 4.29. The van der Waals surface area contributed by atoms with Gasteiger partial charge in [0.25, 0.3) is 0 Å². The first-order chi connectivity index (χ1) is 9.36. The number of carbonyl (C=O) groups is 1. The van der Waals surface area contributed by atoms with Gasteiger partial charge in [0, 0.05) is 32.3 Å². The fourth-order valence-electron chi connectivity index (χ4n) is 2.04. The Morgan fingerprint density at radius 3 is 2.40 bits per heavy atom. The molecule has 1 aromatic heterocycles. The Hall–Kier alpha value is -1.60. The van der Waals surface area contributed by atoms with Gasteiger partial charge in [0.1, 0.15) is 11.5 Å². The zero-order valence-corrected chi connectivity index (χ0v) is 12.4. The Balaban J connectivity index is 1.90. The molecule has 1 amide bonds. The summed E-state index contributed by atoms with van der Waals surface area (Å²) in [6.45, 7) is 3.35. The number of nitrogens with zero attached hydrogens (tertiary/aromatic N) is 2. The minimum atomic E-state index is -3.17. The van der Waals surface area contributed by atoms with Crippen LogP contribution in [0.4, 0.5) is 0 Å². The summed E-state index contributed by atoms with van der Waals surface area (Å²) in [5.74, 6) is 1.29. The number of furan rings is 1. The molecule has 0 aromatic carbocycles. The summed E-state index contributed by atoms with van der Waals surface area (Å²) >= 11 is 0. The summed E-state index contributed by atoms with van der Waals surface area (Å²) in [4.78, 5) is 13.6. The second-order valence-corrected chi connectivity index (χ2v) is 6.75. The maximum atomic E-state index is 12.0. The highest BCUT2D eigenvalue weighted by molar-refractivity contribution is 7.88. The highest BCUT2D eigenvalue weighted by atomic mass is 32.2. The quantitative estimate of drug-likeness (QED) is 0.770. The van der Waals surface area contributed by atoms with E-state index < -0.39 is 10.0 Å². The van der Waals surface area contributed by atoms with E-state index in [4.69, 9.17) is 4.42 Å². The second-order valence-electron chi connectivity index (χ2n) is 4.77. The number of amides is 1. The molecule has 0 N–H and O–H groups in total. The molecule has 0 unspecified atom stereocenters. The first-order valence-corrected chi connectivity index (χ1v) is 8.19. The fourth-order valence-corrected chi connectivity index (χ4v) is 2.87. The van der Waals surface area contributed by atoms with E-state index in [-0.39, 0.29) is 5.91 Å². The molecule has 0 spiro atoms. The molecular weight excluding hydrogens is 280 g/mol. The smallest absolute Gasteiger partial charge is 0.246 e. The topological polar surface area (TPSA) is 70.8 Å². The molecule has 1 saturated heterocycles. The summed E-state index contributed by atoms with van der Waals surface area (Å²) in [5, 5.41) is 0. The highest BCUT2D eigenvalue weighted by Gasteiger charge is 2.24. The van der Waals surface area contributed by atoms with Crippen LogP contribution >= 0.6 is 0 Å². The lowest BCUT2D eigenvalue weighted by molar-refractivity contribution is -0.127. The van der Waals surface area contributed by atoms with Crippen molar-refractivity contribution in [1.82, 2.24) is 9.21 Å². The SMILES string of the molecule is Cc1ccc(C=CC(=O)N2CCN(S(C)(=O)=O)CC2)o1. The fraction of sp³-hybridized carbons (Fsp3) is 0.462. The third kappa shape index (κ3) is 3.71. The number of hydrogen-bond donors (Lipinski definition) is 0. The van der Waals surface area contributed by atoms with Crippen LogP contribution in [-0.4, -0.2) is 56.0 Å². The van der Waals surface area contributed by atoms with Crippen LogP contribution in [0.25, 0.3) is 6.08 Å². The Morgan fingerprint density at radius 2 is 1.90 bits per heavy atom. The summed E-state index contributed by atoms with van der Waals surface area (Å²) in [6.07, 6.45) is 4.26. The van der Waals surface area contributed by atoms with Crippen molar-refractivity contribution in [3.63, 3.8) is 0 Å². The Bertz CT molecular complexity index is 610. The van der Waals surface area contributed by atoms with Crippen molar-refractivity contribution in [1.29, 1.82) is 0 Å². The van der Waals surface area contributed by atoms with Crippen molar-refractivity contribution in [2.45, 2.75) is 6.92 Å². The first kappa shape index (κ1) is 14.8. The van der Waals surface area contributed by atoms with E-state index in [1.165, 1.54) is 16.6 Å². The monoisotopic (exact) mass is 298 g/mol. The van der Waals surface area contributed by atoms with Gasteiger partial charge in [0.15, 0.2) is 0 Å². The molecule has 2 rings (SSSR count). The van der Waals surface area contributed by atoms with Gasteiger partial charge in [-0.05, 0) is 25.1 Å².